The van der Waals surface area contributed by atoms with Crippen LogP contribution in [0.4, 0.5) is 0 Å². The van der Waals surface area contributed by atoms with Crippen LogP contribution in [0.2, 0.25) is 0 Å². The van der Waals surface area contributed by atoms with Gasteiger partial charge in [-0.05, 0) is 68.8 Å². The number of aryl methyl sites for hydroxylation is 1. The maximum atomic E-state index is 6.11. The maximum Gasteiger partial charge on any atom is 0.123 e. The molecule has 0 bridgehead atoms. The molecule has 0 aliphatic carbocycles. The van der Waals surface area contributed by atoms with Crippen molar-refractivity contribution in [1.29, 1.82) is 0 Å². The Morgan fingerprint density at radius 1 is 1.15 bits per heavy atom. The first-order valence-corrected chi connectivity index (χ1v) is 9.93. The molecule has 2 aliphatic rings. The smallest absolute Gasteiger partial charge is 0.123 e. The Labute approximate surface area is 157 Å². The lowest BCUT2D eigenvalue weighted by Crippen LogP contribution is -2.45. The molecule has 2 N–H and O–H groups in total. The summed E-state index contributed by atoms with van der Waals surface area (Å²) in [5, 5.41) is 7.50. The second-order valence-corrected chi connectivity index (χ2v) is 8.28. The molecule has 0 radical (unpaired) electrons. The molecule has 2 aromatic rings. The predicted octanol–water partition coefficient (Wildman–Crippen LogP) is 4.37. The van der Waals surface area contributed by atoms with Crippen molar-refractivity contribution in [2.45, 2.75) is 63.8 Å². The van der Waals surface area contributed by atoms with Gasteiger partial charge in [0.15, 0.2) is 0 Å². The van der Waals surface area contributed by atoms with E-state index in [1.165, 1.54) is 29.5 Å². The van der Waals surface area contributed by atoms with Crippen molar-refractivity contribution >= 4 is 0 Å². The van der Waals surface area contributed by atoms with E-state index in [2.05, 4.69) is 73.0 Å². The minimum atomic E-state index is -0.0383. The molecule has 3 heteroatoms. The second-order valence-electron chi connectivity index (χ2n) is 8.28. The van der Waals surface area contributed by atoms with E-state index in [0.29, 0.717) is 12.1 Å². The van der Waals surface area contributed by atoms with Crippen LogP contribution >= 0.6 is 0 Å². The summed E-state index contributed by atoms with van der Waals surface area (Å²) in [7, 11) is 0. The molecule has 0 saturated carbocycles. The number of piperidine rings is 1. The van der Waals surface area contributed by atoms with E-state index in [9.17, 15) is 0 Å². The van der Waals surface area contributed by atoms with Crippen LogP contribution in [0.3, 0.4) is 0 Å². The molecule has 0 spiro atoms. The van der Waals surface area contributed by atoms with Gasteiger partial charge in [-0.1, -0.05) is 42.5 Å². The third-order valence-corrected chi connectivity index (χ3v) is 5.69. The zero-order valence-corrected chi connectivity index (χ0v) is 15.9. The summed E-state index contributed by atoms with van der Waals surface area (Å²) in [4.78, 5) is 0. The average Bonchev–Trinajstić information content (AvgIpc) is 2.67. The van der Waals surface area contributed by atoms with Gasteiger partial charge in [0.1, 0.15) is 11.4 Å². The van der Waals surface area contributed by atoms with Crippen LogP contribution in [0.15, 0.2) is 48.5 Å². The van der Waals surface area contributed by atoms with Gasteiger partial charge in [-0.15, -0.1) is 0 Å². The van der Waals surface area contributed by atoms with Crippen LogP contribution in [0.5, 0.6) is 5.75 Å². The number of hydrogen-bond acceptors (Lipinski definition) is 3. The van der Waals surface area contributed by atoms with Crippen LogP contribution in [-0.2, 0) is 13.0 Å². The number of hydrogen-bond donors (Lipinski definition) is 2. The van der Waals surface area contributed by atoms with E-state index in [1.807, 2.05) is 0 Å². The van der Waals surface area contributed by atoms with Gasteiger partial charge in [0.2, 0.25) is 0 Å². The molecule has 26 heavy (non-hydrogen) atoms. The normalized spacial score (nSPS) is 24.5. The molecule has 4 rings (SSSR count). The molecule has 2 aromatic carbocycles. The van der Waals surface area contributed by atoms with Crippen molar-refractivity contribution in [3.05, 3.63) is 65.2 Å². The van der Waals surface area contributed by atoms with Crippen molar-refractivity contribution in [3.8, 4) is 5.75 Å². The van der Waals surface area contributed by atoms with Crippen LogP contribution in [0, 0.1) is 0 Å². The van der Waals surface area contributed by atoms with Crippen molar-refractivity contribution in [2.75, 3.05) is 6.54 Å². The highest BCUT2D eigenvalue weighted by Gasteiger charge is 2.27. The molecule has 2 aliphatic heterocycles. The summed E-state index contributed by atoms with van der Waals surface area (Å²) in [5.74, 6) is 1.06. The fourth-order valence-corrected chi connectivity index (χ4v) is 4.19. The highest BCUT2D eigenvalue weighted by atomic mass is 16.5. The molecular formula is C23H30N2O. The van der Waals surface area contributed by atoms with Crippen molar-refractivity contribution in [2.24, 2.45) is 0 Å². The van der Waals surface area contributed by atoms with E-state index in [-0.39, 0.29) is 5.60 Å². The minimum Gasteiger partial charge on any atom is -0.488 e. The second kappa shape index (κ2) is 7.42. The van der Waals surface area contributed by atoms with Gasteiger partial charge in [-0.3, -0.25) is 0 Å². The fourth-order valence-electron chi connectivity index (χ4n) is 4.19. The summed E-state index contributed by atoms with van der Waals surface area (Å²) in [5.41, 5.74) is 4.05. The number of nitrogens with one attached hydrogen (secondary N) is 2. The standard InChI is InChI=1S/C23H30N2O/c1-23(2)13-12-19-15-17(10-11-21(19)26-23)16-25-20-9-6-14-24-22(20)18-7-4-3-5-8-18/h3-5,7-8,10-11,15,20,22,24-25H,6,9,12-14,16H2,1-2H3. The SMILES string of the molecule is CC1(C)CCc2cc(CNC3CCCNC3c3ccccc3)ccc2O1. The zero-order chi connectivity index (χ0) is 18.0. The topological polar surface area (TPSA) is 33.3 Å². The molecule has 138 valence electrons. The Kier molecular flexibility index (Phi) is 5.01. The quantitative estimate of drug-likeness (QED) is 0.859. The number of fused-ring (bicyclic) bond motifs is 1. The first-order chi connectivity index (χ1) is 12.6. The van der Waals surface area contributed by atoms with Crippen LogP contribution in [0.25, 0.3) is 0 Å². The lowest BCUT2D eigenvalue weighted by molar-refractivity contribution is 0.0846. The van der Waals surface area contributed by atoms with Gasteiger partial charge in [0.05, 0.1) is 0 Å². The van der Waals surface area contributed by atoms with E-state index in [4.69, 9.17) is 4.74 Å². The molecule has 1 saturated heterocycles. The van der Waals surface area contributed by atoms with Gasteiger partial charge in [-0.2, -0.15) is 0 Å². The molecule has 1 fully saturated rings. The van der Waals surface area contributed by atoms with Crippen molar-refractivity contribution in [1.82, 2.24) is 10.6 Å². The van der Waals surface area contributed by atoms with Crippen LogP contribution in [-0.4, -0.2) is 18.2 Å². The third kappa shape index (κ3) is 3.94. The predicted molar refractivity (Wildman–Crippen MR) is 107 cm³/mol. The van der Waals surface area contributed by atoms with Crippen molar-refractivity contribution < 1.29 is 4.74 Å². The molecule has 0 aromatic heterocycles. The summed E-state index contributed by atoms with van der Waals surface area (Å²) in [6, 6.07) is 18.4. The largest absolute Gasteiger partial charge is 0.488 e. The summed E-state index contributed by atoms with van der Waals surface area (Å²) in [6.07, 6.45) is 4.64. The highest BCUT2D eigenvalue weighted by Crippen LogP contribution is 2.33. The Morgan fingerprint density at radius 2 is 2.00 bits per heavy atom. The van der Waals surface area contributed by atoms with Gasteiger partial charge in [0, 0.05) is 18.6 Å². The van der Waals surface area contributed by atoms with E-state index in [1.54, 1.807) is 0 Å². The summed E-state index contributed by atoms with van der Waals surface area (Å²) >= 11 is 0. The highest BCUT2D eigenvalue weighted by molar-refractivity contribution is 5.39. The zero-order valence-electron chi connectivity index (χ0n) is 15.9. The molecule has 3 nitrogen and oxygen atoms in total. The van der Waals surface area contributed by atoms with Crippen LogP contribution in [0.1, 0.15) is 55.8 Å². The number of rotatable bonds is 4. The Morgan fingerprint density at radius 3 is 2.85 bits per heavy atom. The van der Waals surface area contributed by atoms with E-state index in [0.717, 1.165) is 31.7 Å². The Bertz CT molecular complexity index is 741. The van der Waals surface area contributed by atoms with Gasteiger partial charge in [0.25, 0.3) is 0 Å². The Balaban J connectivity index is 1.43. The Hall–Kier alpha value is -1.84. The van der Waals surface area contributed by atoms with E-state index < -0.39 is 0 Å². The van der Waals surface area contributed by atoms with Crippen LogP contribution < -0.4 is 15.4 Å². The molecular weight excluding hydrogens is 320 g/mol. The van der Waals surface area contributed by atoms with Gasteiger partial charge < -0.3 is 15.4 Å². The fraction of sp³-hybridized carbons (Fsp3) is 0.478. The molecule has 2 unspecified atom stereocenters. The van der Waals surface area contributed by atoms with E-state index >= 15 is 0 Å². The van der Waals surface area contributed by atoms with Gasteiger partial charge >= 0.3 is 0 Å². The monoisotopic (exact) mass is 350 g/mol. The summed E-state index contributed by atoms with van der Waals surface area (Å²) in [6.45, 7) is 6.35. The van der Waals surface area contributed by atoms with Gasteiger partial charge in [-0.25, -0.2) is 0 Å². The first-order valence-electron chi connectivity index (χ1n) is 9.93. The minimum absolute atomic E-state index is 0.0383. The third-order valence-electron chi connectivity index (χ3n) is 5.69. The molecule has 2 atom stereocenters. The lowest BCUT2D eigenvalue weighted by atomic mass is 9.91. The number of ether oxygens (including phenoxy) is 1. The lowest BCUT2D eigenvalue weighted by Gasteiger charge is -2.34. The summed E-state index contributed by atoms with van der Waals surface area (Å²) < 4.78 is 6.11. The maximum absolute atomic E-state index is 6.11. The average molecular weight is 351 g/mol. The number of benzene rings is 2. The first kappa shape index (κ1) is 17.6. The van der Waals surface area contributed by atoms with Crippen molar-refractivity contribution in [3.63, 3.8) is 0 Å². The molecule has 2 heterocycles. The molecule has 0 amide bonds.